The Labute approximate surface area is 141 Å². The number of hydrogen-bond donors (Lipinski definition) is 1. The Morgan fingerprint density at radius 3 is 2.58 bits per heavy atom. The van der Waals surface area contributed by atoms with Gasteiger partial charge in [-0.1, -0.05) is 12.1 Å². The number of benzene rings is 1. The molecule has 1 aliphatic heterocycles. The molecule has 2 heterocycles. The van der Waals surface area contributed by atoms with Gasteiger partial charge in [-0.2, -0.15) is 0 Å². The van der Waals surface area contributed by atoms with Gasteiger partial charge >= 0.3 is 0 Å². The summed E-state index contributed by atoms with van der Waals surface area (Å²) in [6, 6.07) is 7.07. The topological polar surface area (TPSA) is 57.6 Å². The summed E-state index contributed by atoms with van der Waals surface area (Å²) in [4.78, 5) is 29.4. The van der Waals surface area contributed by atoms with Gasteiger partial charge in [0.1, 0.15) is 5.69 Å². The number of fused-ring (bicyclic) bond motifs is 2. The third-order valence-corrected chi connectivity index (χ3v) is 4.52. The highest BCUT2D eigenvalue weighted by Gasteiger charge is 2.35. The maximum atomic E-state index is 13.2. The third kappa shape index (κ3) is 2.39. The molecule has 2 aromatic rings. The molecule has 1 aromatic heterocycles. The fourth-order valence-corrected chi connectivity index (χ4v) is 3.03. The van der Waals surface area contributed by atoms with E-state index in [2.05, 4.69) is 5.32 Å². The van der Waals surface area contributed by atoms with Crippen molar-refractivity contribution in [2.75, 3.05) is 24.3 Å². The van der Waals surface area contributed by atoms with E-state index in [1.807, 2.05) is 70.4 Å². The van der Waals surface area contributed by atoms with Crippen LogP contribution in [0, 0.1) is 6.92 Å². The van der Waals surface area contributed by atoms with Crippen LogP contribution in [-0.2, 0) is 11.8 Å². The summed E-state index contributed by atoms with van der Waals surface area (Å²) in [5.41, 5.74) is 3.36. The molecule has 126 valence electrons. The van der Waals surface area contributed by atoms with Gasteiger partial charge < -0.3 is 9.88 Å². The number of para-hydroxylation sites is 2. The Balaban J connectivity index is 2.28. The Morgan fingerprint density at radius 1 is 1.25 bits per heavy atom. The minimum absolute atomic E-state index is 0.0699. The molecule has 6 nitrogen and oxygen atoms in total. The van der Waals surface area contributed by atoms with Gasteiger partial charge in [-0.25, -0.2) is 0 Å². The fraction of sp³-hybridized carbons (Fsp3) is 0.333. The molecule has 6 heteroatoms. The lowest BCUT2D eigenvalue weighted by atomic mass is 10.1. The van der Waals surface area contributed by atoms with Crippen molar-refractivity contribution in [2.45, 2.75) is 19.9 Å². The minimum atomic E-state index is -0.321. The van der Waals surface area contributed by atoms with Crippen molar-refractivity contribution in [3.63, 3.8) is 0 Å². The smallest absolute Gasteiger partial charge is 0.274 e. The Bertz CT molecular complexity index is 822. The van der Waals surface area contributed by atoms with Crippen molar-refractivity contribution < 1.29 is 9.59 Å². The van der Waals surface area contributed by atoms with Gasteiger partial charge in [-0.05, 0) is 45.6 Å². The summed E-state index contributed by atoms with van der Waals surface area (Å²) in [7, 11) is 5.56. The average molecular weight is 326 g/mol. The standard InChI is InChI=1S/C18H22N4O2/c1-11-10-21(5)16-15(11)22(18(24)12(2)20(3)4)14-9-7-6-8-13(14)19-17(16)23/h6-10,12H,1-5H3,(H,19,23). The van der Waals surface area contributed by atoms with Crippen molar-refractivity contribution in [3.8, 4) is 0 Å². The second kappa shape index (κ2) is 5.79. The fourth-order valence-electron chi connectivity index (χ4n) is 3.03. The number of rotatable bonds is 2. The van der Waals surface area contributed by atoms with Crippen LogP contribution < -0.4 is 10.2 Å². The summed E-state index contributed by atoms with van der Waals surface area (Å²) >= 11 is 0. The van der Waals surface area contributed by atoms with Crippen LogP contribution in [0.2, 0.25) is 0 Å². The summed E-state index contributed by atoms with van der Waals surface area (Å²) in [6.07, 6.45) is 1.87. The molecule has 2 amide bonds. The molecule has 3 rings (SSSR count). The number of carbonyl (C=O) groups excluding carboxylic acids is 2. The Kier molecular flexibility index (Phi) is 3.93. The van der Waals surface area contributed by atoms with Crippen LogP contribution in [0.1, 0.15) is 23.0 Å². The van der Waals surface area contributed by atoms with E-state index >= 15 is 0 Å². The van der Waals surface area contributed by atoms with Crippen molar-refractivity contribution in [3.05, 3.63) is 41.7 Å². The first kappa shape index (κ1) is 16.3. The number of nitrogens with zero attached hydrogens (tertiary/aromatic N) is 3. The summed E-state index contributed by atoms with van der Waals surface area (Å²) in [5, 5.41) is 2.92. The zero-order valence-electron chi connectivity index (χ0n) is 14.6. The van der Waals surface area contributed by atoms with E-state index in [1.165, 1.54) is 0 Å². The number of aryl methyl sites for hydroxylation is 2. The lowest BCUT2D eigenvalue weighted by molar-refractivity contribution is -0.121. The van der Waals surface area contributed by atoms with Crippen LogP contribution in [-0.4, -0.2) is 41.4 Å². The molecular formula is C18H22N4O2. The second-order valence-corrected chi connectivity index (χ2v) is 6.40. The normalized spacial score (nSPS) is 14.8. The van der Waals surface area contributed by atoms with E-state index < -0.39 is 0 Å². The van der Waals surface area contributed by atoms with E-state index in [9.17, 15) is 9.59 Å². The quantitative estimate of drug-likeness (QED) is 0.922. The van der Waals surface area contributed by atoms with Crippen LogP contribution >= 0.6 is 0 Å². The van der Waals surface area contributed by atoms with E-state index in [0.29, 0.717) is 22.8 Å². The number of aromatic nitrogens is 1. The van der Waals surface area contributed by atoms with Crippen LogP contribution in [0.15, 0.2) is 30.5 Å². The maximum Gasteiger partial charge on any atom is 0.274 e. The van der Waals surface area contributed by atoms with Gasteiger partial charge in [0.15, 0.2) is 0 Å². The molecule has 1 aliphatic rings. The number of likely N-dealkylation sites (N-methyl/N-ethyl adjacent to an activating group) is 1. The van der Waals surface area contributed by atoms with Crippen LogP contribution in [0.25, 0.3) is 0 Å². The first-order chi connectivity index (χ1) is 11.3. The molecule has 0 fully saturated rings. The van der Waals surface area contributed by atoms with E-state index in [-0.39, 0.29) is 17.9 Å². The molecule has 0 spiro atoms. The number of carbonyl (C=O) groups is 2. The predicted molar refractivity (Wildman–Crippen MR) is 94.8 cm³/mol. The lowest BCUT2D eigenvalue weighted by Gasteiger charge is -2.29. The highest BCUT2D eigenvalue weighted by atomic mass is 16.2. The molecule has 0 bridgehead atoms. The Hall–Kier alpha value is -2.60. The van der Waals surface area contributed by atoms with Gasteiger partial charge in [0.05, 0.1) is 23.1 Å². The summed E-state index contributed by atoms with van der Waals surface area (Å²) < 4.78 is 1.77. The monoisotopic (exact) mass is 326 g/mol. The largest absolute Gasteiger partial charge is 0.345 e. The molecule has 24 heavy (non-hydrogen) atoms. The molecule has 1 aromatic carbocycles. The maximum absolute atomic E-state index is 13.2. The van der Waals surface area contributed by atoms with Crippen LogP contribution in [0.4, 0.5) is 17.1 Å². The van der Waals surface area contributed by atoms with Crippen molar-refractivity contribution >= 4 is 28.9 Å². The molecule has 1 atom stereocenters. The zero-order chi connectivity index (χ0) is 17.6. The van der Waals surface area contributed by atoms with Gasteiger partial charge in [0.2, 0.25) is 5.91 Å². The summed E-state index contributed by atoms with van der Waals surface area (Å²) in [6.45, 7) is 3.78. The number of anilines is 3. The van der Waals surface area contributed by atoms with E-state index in [1.54, 1.807) is 9.47 Å². The van der Waals surface area contributed by atoms with Gasteiger partial charge in [0.25, 0.3) is 5.91 Å². The predicted octanol–water partition coefficient (Wildman–Crippen LogP) is 2.51. The van der Waals surface area contributed by atoms with Gasteiger partial charge in [-0.3, -0.25) is 19.4 Å². The second-order valence-electron chi connectivity index (χ2n) is 6.40. The third-order valence-electron chi connectivity index (χ3n) is 4.52. The van der Waals surface area contributed by atoms with Gasteiger partial charge in [0, 0.05) is 13.2 Å². The minimum Gasteiger partial charge on any atom is -0.345 e. The average Bonchev–Trinajstić information content (AvgIpc) is 2.74. The lowest BCUT2D eigenvalue weighted by Crippen LogP contribution is -2.42. The molecule has 0 saturated heterocycles. The zero-order valence-corrected chi connectivity index (χ0v) is 14.6. The molecule has 0 saturated carbocycles. The Morgan fingerprint density at radius 2 is 1.92 bits per heavy atom. The molecule has 1 N–H and O–H groups in total. The van der Waals surface area contributed by atoms with Crippen LogP contribution in [0.3, 0.4) is 0 Å². The number of nitrogens with one attached hydrogen (secondary N) is 1. The molecule has 1 unspecified atom stereocenters. The summed E-state index contributed by atoms with van der Waals surface area (Å²) in [5.74, 6) is -0.277. The number of amides is 2. The van der Waals surface area contributed by atoms with Crippen LogP contribution in [0.5, 0.6) is 0 Å². The molecule has 0 aliphatic carbocycles. The highest BCUT2D eigenvalue weighted by Crippen LogP contribution is 2.40. The first-order valence-corrected chi connectivity index (χ1v) is 7.89. The van der Waals surface area contributed by atoms with Crippen molar-refractivity contribution in [2.24, 2.45) is 7.05 Å². The molecule has 0 radical (unpaired) electrons. The SMILES string of the molecule is Cc1cn(C)c2c1N(C(=O)C(C)N(C)C)c1ccccc1NC2=O. The number of hydrogen-bond acceptors (Lipinski definition) is 3. The highest BCUT2D eigenvalue weighted by molar-refractivity contribution is 6.18. The van der Waals surface area contributed by atoms with E-state index in [0.717, 1.165) is 5.56 Å². The first-order valence-electron chi connectivity index (χ1n) is 7.89. The molecular weight excluding hydrogens is 304 g/mol. The van der Waals surface area contributed by atoms with E-state index in [4.69, 9.17) is 0 Å². The van der Waals surface area contributed by atoms with Crippen molar-refractivity contribution in [1.82, 2.24) is 9.47 Å². The van der Waals surface area contributed by atoms with Crippen molar-refractivity contribution in [1.29, 1.82) is 0 Å². The van der Waals surface area contributed by atoms with Gasteiger partial charge in [-0.15, -0.1) is 0 Å².